The van der Waals surface area contributed by atoms with Crippen LogP contribution >= 0.6 is 23.5 Å². The third kappa shape index (κ3) is 26.7. The van der Waals surface area contributed by atoms with Crippen molar-refractivity contribution in [2.24, 2.45) is 34.8 Å². The standard InChI is InChI=1S/C49H84N12O12S2/c1-28(2)24-37(49(72)73)59-45(68)35(25-30-14-8-7-9-15-30)57-43(66)33(17-11-13-21-51)55-47(70)38(27-62)60-48(71)40(29(3)4)61-44(67)34(19-23-75-6)56-46(69)36(26-39(53)63)58-42(65)32(16-10-12-20-50)54-41(64)31(52)18-22-74-5/h7-9,14-15,28-29,31-38,40,62H,10-13,16-27,50-52H2,1-6H3,(H2,53,63)(H,54,64)(H,55,70)(H,56,69)(H,57,66)(H,58,65)(H,59,68)(H,60,71)(H,61,67)(H,72,73)/t31-,32-,33-,34-,35-,36-,37-,38-,40-/m0/s1. The van der Waals surface area contributed by atoms with E-state index >= 15 is 0 Å². The number of carboxylic acids is 1. The number of benzene rings is 1. The molecule has 0 aliphatic heterocycles. The molecule has 0 aromatic heterocycles. The van der Waals surface area contributed by atoms with Crippen LogP contribution in [0, 0.1) is 11.8 Å². The molecule has 1 aromatic carbocycles. The molecule has 0 heterocycles. The number of rotatable bonds is 39. The maximum Gasteiger partial charge on any atom is 0.326 e. The van der Waals surface area contributed by atoms with Gasteiger partial charge in [0.15, 0.2) is 0 Å². The van der Waals surface area contributed by atoms with Gasteiger partial charge in [0.05, 0.1) is 19.1 Å². The average Bonchev–Trinajstić information content (AvgIpc) is 3.35. The van der Waals surface area contributed by atoms with Crippen LogP contribution in [0.4, 0.5) is 0 Å². The predicted molar refractivity (Wildman–Crippen MR) is 288 cm³/mol. The minimum atomic E-state index is -1.67. The summed E-state index contributed by atoms with van der Waals surface area (Å²) in [5, 5.41) is 40.6. The molecule has 75 heavy (non-hydrogen) atoms. The van der Waals surface area contributed by atoms with E-state index in [1.807, 2.05) is 6.26 Å². The van der Waals surface area contributed by atoms with Crippen LogP contribution in [0.2, 0.25) is 0 Å². The van der Waals surface area contributed by atoms with Crippen molar-refractivity contribution in [1.29, 1.82) is 0 Å². The first-order valence-electron chi connectivity index (χ1n) is 25.3. The van der Waals surface area contributed by atoms with Gasteiger partial charge in [0.2, 0.25) is 53.2 Å². The van der Waals surface area contributed by atoms with E-state index in [-0.39, 0.29) is 44.6 Å². The van der Waals surface area contributed by atoms with Crippen LogP contribution in [0.3, 0.4) is 0 Å². The molecule has 0 bridgehead atoms. The Morgan fingerprint density at radius 1 is 0.533 bits per heavy atom. The Balaban J connectivity index is 3.38. The first-order valence-corrected chi connectivity index (χ1v) is 28.0. The Labute approximate surface area is 448 Å². The van der Waals surface area contributed by atoms with Gasteiger partial charge in [0.25, 0.3) is 0 Å². The Morgan fingerprint density at radius 3 is 1.44 bits per heavy atom. The third-order valence-corrected chi connectivity index (χ3v) is 13.0. The molecule has 26 heteroatoms. The molecule has 24 nitrogen and oxygen atoms in total. The second-order valence-electron chi connectivity index (χ2n) is 18.9. The number of primary amides is 1. The maximum absolute atomic E-state index is 14.0. The van der Waals surface area contributed by atoms with Crippen molar-refractivity contribution in [2.75, 3.05) is 43.7 Å². The molecule has 0 aliphatic rings. The van der Waals surface area contributed by atoms with Crippen molar-refractivity contribution < 1.29 is 58.2 Å². The monoisotopic (exact) mass is 1100 g/mol. The molecule has 1 rings (SSSR count). The van der Waals surface area contributed by atoms with Gasteiger partial charge >= 0.3 is 5.97 Å². The normalized spacial score (nSPS) is 14.8. The molecule has 18 N–H and O–H groups in total. The first kappa shape index (κ1) is 67.5. The molecule has 9 atom stereocenters. The number of aliphatic hydroxyl groups is 1. The highest BCUT2D eigenvalue weighted by Crippen LogP contribution is 2.12. The molecule has 424 valence electrons. The van der Waals surface area contributed by atoms with E-state index in [0.717, 1.165) is 0 Å². The number of carbonyl (C=O) groups excluding carboxylic acids is 9. The smallest absolute Gasteiger partial charge is 0.326 e. The highest BCUT2D eigenvalue weighted by molar-refractivity contribution is 7.98. The van der Waals surface area contributed by atoms with Gasteiger partial charge in [-0.1, -0.05) is 58.0 Å². The number of hydrogen-bond acceptors (Lipinski definition) is 16. The van der Waals surface area contributed by atoms with E-state index in [1.165, 1.54) is 23.5 Å². The first-order chi connectivity index (χ1) is 35.5. The zero-order chi connectivity index (χ0) is 56.6. The van der Waals surface area contributed by atoms with Gasteiger partial charge in [-0.25, -0.2) is 4.79 Å². The summed E-state index contributed by atoms with van der Waals surface area (Å²) in [6.45, 7) is 6.38. The van der Waals surface area contributed by atoms with Gasteiger partial charge in [-0.05, 0) is 112 Å². The van der Waals surface area contributed by atoms with Crippen molar-refractivity contribution in [2.45, 2.75) is 153 Å². The van der Waals surface area contributed by atoms with Crippen molar-refractivity contribution in [1.82, 2.24) is 42.5 Å². The number of hydrogen-bond donors (Lipinski definition) is 14. The number of thioether (sulfide) groups is 2. The highest BCUT2D eigenvalue weighted by atomic mass is 32.2. The molecule has 0 unspecified atom stereocenters. The van der Waals surface area contributed by atoms with Gasteiger partial charge < -0.3 is 75.7 Å². The Morgan fingerprint density at radius 2 is 0.960 bits per heavy atom. The lowest BCUT2D eigenvalue weighted by Gasteiger charge is -2.29. The maximum atomic E-state index is 14.0. The van der Waals surface area contributed by atoms with Crippen molar-refractivity contribution in [3.05, 3.63) is 35.9 Å². The predicted octanol–water partition coefficient (Wildman–Crippen LogP) is -2.15. The molecule has 0 fully saturated rings. The molecule has 0 spiro atoms. The Kier molecular flexibility index (Phi) is 33.5. The minimum absolute atomic E-state index is 0.00927. The number of nitrogens with one attached hydrogen (secondary N) is 8. The van der Waals surface area contributed by atoms with E-state index < -0.39 is 132 Å². The van der Waals surface area contributed by atoms with Crippen LogP contribution in [0.15, 0.2) is 30.3 Å². The lowest BCUT2D eigenvalue weighted by atomic mass is 10.0. The van der Waals surface area contributed by atoms with Gasteiger partial charge in [-0.3, -0.25) is 43.2 Å². The topological polar surface area (TPSA) is 411 Å². The second-order valence-corrected chi connectivity index (χ2v) is 20.9. The van der Waals surface area contributed by atoms with Crippen LogP contribution in [0.25, 0.3) is 0 Å². The van der Waals surface area contributed by atoms with Crippen LogP contribution in [0.5, 0.6) is 0 Å². The van der Waals surface area contributed by atoms with Gasteiger partial charge in [0, 0.05) is 6.42 Å². The van der Waals surface area contributed by atoms with Gasteiger partial charge in [-0.15, -0.1) is 0 Å². The van der Waals surface area contributed by atoms with Gasteiger partial charge in [-0.2, -0.15) is 23.5 Å². The number of carbonyl (C=O) groups is 10. The zero-order valence-electron chi connectivity index (χ0n) is 44.2. The molecule has 9 amide bonds. The summed E-state index contributed by atoms with van der Waals surface area (Å²) < 4.78 is 0. The lowest BCUT2D eigenvalue weighted by molar-refractivity contribution is -0.143. The summed E-state index contributed by atoms with van der Waals surface area (Å²) in [5.74, 6) is -8.78. The van der Waals surface area contributed by atoms with Gasteiger partial charge in [0.1, 0.15) is 48.3 Å². The lowest BCUT2D eigenvalue weighted by Crippen LogP contribution is -2.62. The molecular weight excluding hydrogens is 1010 g/mol. The van der Waals surface area contributed by atoms with Crippen LogP contribution in [0.1, 0.15) is 97.5 Å². The number of carboxylic acid groups (broad SMARTS) is 1. The van der Waals surface area contributed by atoms with Crippen LogP contribution in [-0.2, 0) is 54.4 Å². The van der Waals surface area contributed by atoms with Crippen molar-refractivity contribution >= 4 is 82.7 Å². The summed E-state index contributed by atoms with van der Waals surface area (Å²) in [7, 11) is 0. The van der Waals surface area contributed by atoms with Crippen molar-refractivity contribution in [3.63, 3.8) is 0 Å². The second kappa shape index (κ2) is 37.2. The Hall–Kier alpha value is -5.54. The fourth-order valence-corrected chi connectivity index (χ4v) is 8.41. The number of aliphatic hydroxyl groups excluding tert-OH is 1. The molecule has 0 radical (unpaired) electrons. The molecule has 1 aromatic rings. The number of nitrogens with two attached hydrogens (primary N) is 4. The van der Waals surface area contributed by atoms with Crippen LogP contribution in [-0.4, -0.2) is 167 Å². The summed E-state index contributed by atoms with van der Waals surface area (Å²) in [6, 6.07) is -3.27. The summed E-state index contributed by atoms with van der Waals surface area (Å²) in [4.78, 5) is 134. The highest BCUT2D eigenvalue weighted by Gasteiger charge is 2.36. The molecular formula is C49H84N12O12S2. The zero-order valence-corrected chi connectivity index (χ0v) is 45.8. The quantitative estimate of drug-likeness (QED) is 0.0313. The average molecular weight is 1100 g/mol. The van der Waals surface area contributed by atoms with E-state index in [0.29, 0.717) is 55.7 Å². The molecule has 0 aliphatic carbocycles. The number of amides is 9. The minimum Gasteiger partial charge on any atom is -0.480 e. The summed E-state index contributed by atoms with van der Waals surface area (Å²) in [6.07, 6.45) is 5.22. The number of aliphatic carboxylic acids is 1. The Bertz CT molecular complexity index is 1990. The summed E-state index contributed by atoms with van der Waals surface area (Å²) >= 11 is 2.82. The van der Waals surface area contributed by atoms with E-state index in [2.05, 4.69) is 42.5 Å². The third-order valence-electron chi connectivity index (χ3n) is 11.7. The van der Waals surface area contributed by atoms with Crippen LogP contribution < -0.4 is 65.5 Å². The van der Waals surface area contributed by atoms with Crippen molar-refractivity contribution in [3.8, 4) is 0 Å². The van der Waals surface area contributed by atoms with E-state index in [1.54, 1.807) is 64.3 Å². The molecule has 0 saturated carbocycles. The SMILES string of the molecule is CSCC[C@H](NC(=O)[C@H](CC(N)=O)NC(=O)[C@H](CCCCN)NC(=O)[C@@H](N)CCSC)C(=O)N[C@H](C(=O)N[C@@H](CO)C(=O)N[C@@H](CCCCN)C(=O)N[C@@H](Cc1ccccc1)C(=O)N[C@@H](CC(C)C)C(=O)O)C(C)C. The van der Waals surface area contributed by atoms with E-state index in [9.17, 15) is 58.2 Å². The number of unbranched alkanes of at least 4 members (excludes halogenated alkanes) is 2. The van der Waals surface area contributed by atoms with E-state index in [4.69, 9.17) is 22.9 Å². The summed E-state index contributed by atoms with van der Waals surface area (Å²) in [5.41, 5.74) is 23.5. The fraction of sp³-hybridized carbons (Fsp3) is 0.673. The molecule has 0 saturated heterocycles. The largest absolute Gasteiger partial charge is 0.480 e. The fourth-order valence-electron chi connectivity index (χ4n) is 7.45.